The Kier molecular flexibility index (Phi) is 4.37. The first-order valence-corrected chi connectivity index (χ1v) is 9.32. The Hall–Kier alpha value is -1.36. The Morgan fingerprint density at radius 1 is 0.917 bits per heavy atom. The third-order valence-electron chi connectivity index (χ3n) is 5.84. The number of aromatic nitrogens is 1. The minimum atomic E-state index is 1.09. The van der Waals surface area contributed by atoms with Crippen molar-refractivity contribution in [2.45, 2.75) is 26.4 Å². The SMILES string of the molecule is Cc1ccc2c(c1)c1c(n2CCN2CCN(C)CC2)CCN(C)C1. The second-order valence-electron chi connectivity index (χ2n) is 7.73. The number of fused-ring (bicyclic) bond motifs is 3. The van der Waals surface area contributed by atoms with Crippen LogP contribution in [0.5, 0.6) is 0 Å². The van der Waals surface area contributed by atoms with Crippen LogP contribution in [0.25, 0.3) is 10.9 Å². The molecule has 2 aromatic rings. The van der Waals surface area contributed by atoms with Crippen LogP contribution in [0.2, 0.25) is 0 Å². The number of likely N-dealkylation sites (N-methyl/N-ethyl adjacent to an activating group) is 2. The molecule has 2 aliphatic heterocycles. The fraction of sp³-hybridized carbons (Fsp3) is 0.600. The molecule has 24 heavy (non-hydrogen) atoms. The van der Waals surface area contributed by atoms with Crippen LogP contribution < -0.4 is 0 Å². The van der Waals surface area contributed by atoms with Gasteiger partial charge in [0.15, 0.2) is 0 Å². The molecule has 0 unspecified atom stereocenters. The van der Waals surface area contributed by atoms with E-state index in [0.717, 1.165) is 13.1 Å². The topological polar surface area (TPSA) is 14.7 Å². The first-order chi connectivity index (χ1) is 11.6. The molecule has 1 fully saturated rings. The van der Waals surface area contributed by atoms with Gasteiger partial charge >= 0.3 is 0 Å². The van der Waals surface area contributed by atoms with Crippen molar-refractivity contribution in [3.63, 3.8) is 0 Å². The number of benzene rings is 1. The zero-order valence-electron chi connectivity index (χ0n) is 15.4. The summed E-state index contributed by atoms with van der Waals surface area (Å²) in [6.45, 7) is 11.6. The highest BCUT2D eigenvalue weighted by atomic mass is 15.3. The highest BCUT2D eigenvalue weighted by Gasteiger charge is 2.23. The lowest BCUT2D eigenvalue weighted by atomic mass is 10.0. The lowest BCUT2D eigenvalue weighted by Gasteiger charge is -2.32. The van der Waals surface area contributed by atoms with Crippen molar-refractivity contribution in [2.24, 2.45) is 0 Å². The van der Waals surface area contributed by atoms with E-state index in [9.17, 15) is 0 Å². The summed E-state index contributed by atoms with van der Waals surface area (Å²) < 4.78 is 2.62. The number of nitrogens with zero attached hydrogens (tertiary/aromatic N) is 4. The summed E-state index contributed by atoms with van der Waals surface area (Å²) in [6, 6.07) is 7.00. The molecule has 4 heteroatoms. The maximum atomic E-state index is 2.63. The van der Waals surface area contributed by atoms with Gasteiger partial charge in [0, 0.05) is 75.4 Å². The van der Waals surface area contributed by atoms with E-state index in [-0.39, 0.29) is 0 Å². The largest absolute Gasteiger partial charge is 0.343 e. The van der Waals surface area contributed by atoms with Crippen LogP contribution in [-0.4, -0.2) is 72.6 Å². The molecule has 4 nitrogen and oxygen atoms in total. The zero-order valence-corrected chi connectivity index (χ0v) is 15.4. The molecular weight excluding hydrogens is 296 g/mol. The fourth-order valence-corrected chi connectivity index (χ4v) is 4.27. The number of rotatable bonds is 3. The summed E-state index contributed by atoms with van der Waals surface area (Å²) >= 11 is 0. The van der Waals surface area contributed by atoms with Gasteiger partial charge in [0.25, 0.3) is 0 Å². The van der Waals surface area contributed by atoms with Gasteiger partial charge in [-0.15, -0.1) is 0 Å². The van der Waals surface area contributed by atoms with Gasteiger partial charge in [0.1, 0.15) is 0 Å². The van der Waals surface area contributed by atoms with E-state index in [1.165, 1.54) is 62.2 Å². The second kappa shape index (κ2) is 6.51. The number of hydrogen-bond acceptors (Lipinski definition) is 3. The van der Waals surface area contributed by atoms with E-state index in [0.29, 0.717) is 0 Å². The minimum absolute atomic E-state index is 1.09. The number of aryl methyl sites for hydroxylation is 1. The lowest BCUT2D eigenvalue weighted by Crippen LogP contribution is -2.45. The van der Waals surface area contributed by atoms with Gasteiger partial charge in [-0.2, -0.15) is 0 Å². The van der Waals surface area contributed by atoms with Crippen LogP contribution in [0.15, 0.2) is 18.2 Å². The molecule has 0 atom stereocenters. The maximum absolute atomic E-state index is 2.63. The van der Waals surface area contributed by atoms with Crippen LogP contribution in [0, 0.1) is 6.92 Å². The Morgan fingerprint density at radius 3 is 2.50 bits per heavy atom. The summed E-state index contributed by atoms with van der Waals surface area (Å²) in [4.78, 5) is 7.51. The maximum Gasteiger partial charge on any atom is 0.0486 e. The molecule has 1 saturated heterocycles. The van der Waals surface area contributed by atoms with Crippen molar-refractivity contribution in [3.8, 4) is 0 Å². The first-order valence-electron chi connectivity index (χ1n) is 9.32. The van der Waals surface area contributed by atoms with Crippen LogP contribution >= 0.6 is 0 Å². The van der Waals surface area contributed by atoms with Gasteiger partial charge < -0.3 is 14.4 Å². The molecule has 0 spiro atoms. The highest BCUT2D eigenvalue weighted by Crippen LogP contribution is 2.31. The van der Waals surface area contributed by atoms with Crippen molar-refractivity contribution >= 4 is 10.9 Å². The van der Waals surface area contributed by atoms with E-state index >= 15 is 0 Å². The zero-order chi connectivity index (χ0) is 16.7. The van der Waals surface area contributed by atoms with Crippen molar-refractivity contribution in [3.05, 3.63) is 35.0 Å². The van der Waals surface area contributed by atoms with E-state index in [1.807, 2.05) is 0 Å². The van der Waals surface area contributed by atoms with Crippen LogP contribution in [0.3, 0.4) is 0 Å². The fourth-order valence-electron chi connectivity index (χ4n) is 4.27. The molecular formula is C20H30N4. The average molecular weight is 326 g/mol. The summed E-state index contributed by atoms with van der Waals surface area (Å²) in [5, 5.41) is 1.48. The molecule has 1 aromatic heterocycles. The molecule has 0 saturated carbocycles. The molecule has 3 heterocycles. The lowest BCUT2D eigenvalue weighted by molar-refractivity contribution is 0.150. The Labute approximate surface area is 145 Å². The van der Waals surface area contributed by atoms with Crippen molar-refractivity contribution in [1.82, 2.24) is 19.3 Å². The molecule has 1 aromatic carbocycles. The quantitative estimate of drug-likeness (QED) is 0.859. The predicted octanol–water partition coefficient (Wildman–Crippen LogP) is 2.19. The first kappa shape index (κ1) is 16.1. The van der Waals surface area contributed by atoms with E-state index < -0.39 is 0 Å². The molecule has 0 bridgehead atoms. The minimum Gasteiger partial charge on any atom is -0.343 e. The molecule has 4 rings (SSSR count). The Bertz CT molecular complexity index is 725. The van der Waals surface area contributed by atoms with E-state index in [4.69, 9.17) is 0 Å². The van der Waals surface area contributed by atoms with E-state index in [2.05, 4.69) is 58.5 Å². The molecule has 0 aliphatic carbocycles. The summed E-state index contributed by atoms with van der Waals surface area (Å²) in [7, 11) is 4.47. The molecule has 2 aliphatic rings. The molecule has 0 radical (unpaired) electrons. The number of hydrogen-bond donors (Lipinski definition) is 0. The highest BCUT2D eigenvalue weighted by molar-refractivity contribution is 5.86. The smallest absolute Gasteiger partial charge is 0.0486 e. The van der Waals surface area contributed by atoms with Gasteiger partial charge in [0.2, 0.25) is 0 Å². The second-order valence-corrected chi connectivity index (χ2v) is 7.73. The van der Waals surface area contributed by atoms with Crippen molar-refractivity contribution in [1.29, 1.82) is 0 Å². The average Bonchev–Trinajstić information content (AvgIpc) is 2.87. The van der Waals surface area contributed by atoms with Crippen LogP contribution in [0.1, 0.15) is 16.8 Å². The van der Waals surface area contributed by atoms with Crippen LogP contribution in [0.4, 0.5) is 0 Å². The van der Waals surface area contributed by atoms with Crippen LogP contribution in [-0.2, 0) is 19.5 Å². The van der Waals surface area contributed by atoms with Crippen molar-refractivity contribution < 1.29 is 0 Å². The van der Waals surface area contributed by atoms with Gasteiger partial charge in [-0.3, -0.25) is 4.90 Å². The molecule has 0 N–H and O–H groups in total. The van der Waals surface area contributed by atoms with Gasteiger partial charge in [0.05, 0.1) is 0 Å². The van der Waals surface area contributed by atoms with Crippen molar-refractivity contribution in [2.75, 3.05) is 53.4 Å². The Balaban J connectivity index is 1.62. The number of piperazine rings is 1. The summed E-state index contributed by atoms with van der Waals surface area (Å²) in [5.74, 6) is 0. The molecule has 0 amide bonds. The molecule has 130 valence electrons. The third kappa shape index (κ3) is 2.99. The predicted molar refractivity (Wildman–Crippen MR) is 101 cm³/mol. The van der Waals surface area contributed by atoms with E-state index in [1.54, 1.807) is 11.3 Å². The monoisotopic (exact) mass is 326 g/mol. The van der Waals surface area contributed by atoms with Gasteiger partial charge in [-0.25, -0.2) is 0 Å². The third-order valence-corrected chi connectivity index (χ3v) is 5.84. The standard InChI is InChI=1S/C20H30N4/c1-16-4-5-19-17(14-16)18-15-22(3)7-6-20(18)24(19)13-12-23-10-8-21(2)9-11-23/h4-5,14H,6-13,15H2,1-3H3. The summed E-state index contributed by atoms with van der Waals surface area (Å²) in [5.41, 5.74) is 5.97. The summed E-state index contributed by atoms with van der Waals surface area (Å²) in [6.07, 6.45) is 1.18. The Morgan fingerprint density at radius 2 is 1.71 bits per heavy atom. The normalized spacial score (nSPS) is 20.6. The van der Waals surface area contributed by atoms with Gasteiger partial charge in [-0.1, -0.05) is 11.6 Å². The van der Waals surface area contributed by atoms with Gasteiger partial charge in [-0.05, 0) is 38.7 Å².